The van der Waals surface area contributed by atoms with E-state index < -0.39 is 6.10 Å². The Kier molecular flexibility index (Phi) is 4.81. The molecule has 0 aliphatic carbocycles. The zero-order valence-electron chi connectivity index (χ0n) is 11.5. The van der Waals surface area contributed by atoms with Crippen molar-refractivity contribution in [2.24, 2.45) is 7.05 Å². The second-order valence-electron chi connectivity index (χ2n) is 4.56. The van der Waals surface area contributed by atoms with E-state index in [1.165, 1.54) is 4.88 Å². The van der Waals surface area contributed by atoms with Crippen LogP contribution in [0.1, 0.15) is 41.1 Å². The molecular weight excluding hydrogens is 324 g/mol. The summed E-state index contributed by atoms with van der Waals surface area (Å²) >= 11 is 5.28. The maximum Gasteiger partial charge on any atom is 0.0937 e. The van der Waals surface area contributed by atoms with E-state index in [0.717, 1.165) is 33.6 Å². The first-order valence-corrected chi connectivity index (χ1v) is 8.14. The number of thiophene rings is 1. The van der Waals surface area contributed by atoms with Gasteiger partial charge in [-0.25, -0.2) is 0 Å². The highest BCUT2D eigenvalue weighted by atomic mass is 79.9. The van der Waals surface area contributed by atoms with Crippen molar-refractivity contribution in [3.05, 3.63) is 37.7 Å². The van der Waals surface area contributed by atoms with Gasteiger partial charge in [-0.2, -0.15) is 5.10 Å². The summed E-state index contributed by atoms with van der Waals surface area (Å²) in [6, 6.07) is 4.12. The van der Waals surface area contributed by atoms with Crippen molar-refractivity contribution < 1.29 is 5.11 Å². The molecule has 0 aromatic carbocycles. The first kappa shape index (κ1) is 14.8. The lowest BCUT2D eigenvalue weighted by atomic mass is 10.1. The SMILES string of the molecule is CCc1ccc(C(O)Cc2c(Br)c(CC)nn2C)s1. The lowest BCUT2D eigenvalue weighted by Crippen LogP contribution is -2.05. The first-order valence-electron chi connectivity index (χ1n) is 6.53. The summed E-state index contributed by atoms with van der Waals surface area (Å²) in [6.07, 6.45) is 2.05. The number of aliphatic hydroxyl groups is 1. The van der Waals surface area contributed by atoms with Crippen molar-refractivity contribution in [3.8, 4) is 0 Å². The third-order valence-electron chi connectivity index (χ3n) is 3.25. The third-order valence-corrected chi connectivity index (χ3v) is 5.50. The normalized spacial score (nSPS) is 12.9. The Morgan fingerprint density at radius 1 is 1.37 bits per heavy atom. The highest BCUT2D eigenvalue weighted by Crippen LogP contribution is 2.30. The Morgan fingerprint density at radius 3 is 2.63 bits per heavy atom. The van der Waals surface area contributed by atoms with Gasteiger partial charge in [0, 0.05) is 23.2 Å². The van der Waals surface area contributed by atoms with Crippen LogP contribution >= 0.6 is 27.3 Å². The third kappa shape index (κ3) is 3.09. The molecule has 19 heavy (non-hydrogen) atoms. The molecule has 5 heteroatoms. The number of aliphatic hydroxyl groups excluding tert-OH is 1. The molecule has 1 unspecified atom stereocenters. The van der Waals surface area contributed by atoms with Gasteiger partial charge in [-0.05, 0) is 40.9 Å². The molecule has 2 rings (SSSR count). The zero-order valence-corrected chi connectivity index (χ0v) is 13.9. The van der Waals surface area contributed by atoms with E-state index in [0.29, 0.717) is 6.42 Å². The fourth-order valence-corrected chi connectivity index (χ4v) is 3.81. The molecule has 1 N–H and O–H groups in total. The molecule has 2 heterocycles. The summed E-state index contributed by atoms with van der Waals surface area (Å²) in [6.45, 7) is 4.22. The molecule has 2 aromatic rings. The van der Waals surface area contributed by atoms with Crippen molar-refractivity contribution in [1.82, 2.24) is 9.78 Å². The summed E-state index contributed by atoms with van der Waals surface area (Å²) in [5, 5.41) is 14.8. The average Bonchev–Trinajstić information content (AvgIpc) is 2.98. The van der Waals surface area contributed by atoms with Crippen molar-refractivity contribution in [2.45, 2.75) is 39.2 Å². The Bertz CT molecular complexity index is 562. The number of halogens is 1. The van der Waals surface area contributed by atoms with Crippen LogP contribution in [-0.4, -0.2) is 14.9 Å². The molecule has 0 bridgehead atoms. The molecule has 0 aliphatic rings. The van der Waals surface area contributed by atoms with E-state index in [1.807, 2.05) is 17.8 Å². The summed E-state index contributed by atoms with van der Waals surface area (Å²) in [5.41, 5.74) is 2.10. The van der Waals surface area contributed by atoms with Gasteiger partial charge in [0.2, 0.25) is 0 Å². The highest BCUT2D eigenvalue weighted by molar-refractivity contribution is 9.10. The zero-order chi connectivity index (χ0) is 14.0. The Labute approximate surface area is 126 Å². The Morgan fingerprint density at radius 2 is 2.11 bits per heavy atom. The van der Waals surface area contributed by atoms with Gasteiger partial charge in [0.1, 0.15) is 0 Å². The summed E-state index contributed by atoms with van der Waals surface area (Å²) in [5.74, 6) is 0. The summed E-state index contributed by atoms with van der Waals surface area (Å²) in [7, 11) is 1.93. The summed E-state index contributed by atoms with van der Waals surface area (Å²) < 4.78 is 2.89. The minimum Gasteiger partial charge on any atom is -0.387 e. The van der Waals surface area contributed by atoms with Gasteiger partial charge in [-0.1, -0.05) is 13.8 Å². The Hall–Kier alpha value is -0.650. The lowest BCUT2D eigenvalue weighted by molar-refractivity contribution is 0.179. The van der Waals surface area contributed by atoms with Gasteiger partial charge in [0.25, 0.3) is 0 Å². The molecular formula is C14H19BrN2OS. The quantitative estimate of drug-likeness (QED) is 0.900. The van der Waals surface area contributed by atoms with Gasteiger partial charge in [0.05, 0.1) is 22.0 Å². The van der Waals surface area contributed by atoms with E-state index in [4.69, 9.17) is 0 Å². The predicted molar refractivity (Wildman–Crippen MR) is 82.6 cm³/mol. The smallest absolute Gasteiger partial charge is 0.0937 e. The molecule has 0 saturated carbocycles. The number of hydrogen-bond donors (Lipinski definition) is 1. The lowest BCUT2D eigenvalue weighted by Gasteiger charge is -2.09. The van der Waals surface area contributed by atoms with Crippen LogP contribution in [0.3, 0.4) is 0 Å². The topological polar surface area (TPSA) is 38.1 Å². The highest BCUT2D eigenvalue weighted by Gasteiger charge is 2.18. The van der Waals surface area contributed by atoms with Crippen LogP contribution in [0, 0.1) is 0 Å². The standard InChI is InChI=1S/C14H19BrN2OS/c1-4-9-6-7-13(19-9)12(18)8-11-14(15)10(5-2)16-17(11)3/h6-7,12,18H,4-5,8H2,1-3H3. The second-order valence-corrected chi connectivity index (χ2v) is 6.55. The molecule has 0 amide bonds. The van der Waals surface area contributed by atoms with Crippen molar-refractivity contribution in [1.29, 1.82) is 0 Å². The number of rotatable bonds is 5. The first-order chi connectivity index (χ1) is 9.06. The van der Waals surface area contributed by atoms with Gasteiger partial charge in [-0.15, -0.1) is 11.3 Å². The number of aryl methyl sites for hydroxylation is 3. The fraction of sp³-hybridized carbons (Fsp3) is 0.500. The van der Waals surface area contributed by atoms with Crippen molar-refractivity contribution >= 4 is 27.3 Å². The molecule has 1 atom stereocenters. The van der Waals surface area contributed by atoms with Crippen LogP contribution in [0.4, 0.5) is 0 Å². The maximum absolute atomic E-state index is 10.4. The van der Waals surface area contributed by atoms with Crippen LogP contribution in [0.25, 0.3) is 0 Å². The molecule has 3 nitrogen and oxygen atoms in total. The number of hydrogen-bond acceptors (Lipinski definition) is 3. The van der Waals surface area contributed by atoms with Crippen LogP contribution in [0.15, 0.2) is 16.6 Å². The van der Waals surface area contributed by atoms with E-state index in [9.17, 15) is 5.11 Å². The van der Waals surface area contributed by atoms with Crippen LogP contribution < -0.4 is 0 Å². The average molecular weight is 343 g/mol. The molecule has 2 aromatic heterocycles. The van der Waals surface area contributed by atoms with Gasteiger partial charge in [0.15, 0.2) is 0 Å². The molecule has 0 saturated heterocycles. The van der Waals surface area contributed by atoms with Crippen LogP contribution in [0.2, 0.25) is 0 Å². The molecule has 0 radical (unpaired) electrons. The molecule has 0 fully saturated rings. The van der Waals surface area contributed by atoms with E-state index in [1.54, 1.807) is 11.3 Å². The largest absolute Gasteiger partial charge is 0.387 e. The minimum atomic E-state index is -0.457. The second kappa shape index (κ2) is 6.20. The fourth-order valence-electron chi connectivity index (χ4n) is 2.09. The minimum absolute atomic E-state index is 0.457. The Balaban J connectivity index is 2.18. The number of nitrogens with zero attached hydrogens (tertiary/aromatic N) is 2. The van der Waals surface area contributed by atoms with E-state index >= 15 is 0 Å². The molecule has 0 aliphatic heterocycles. The van der Waals surface area contributed by atoms with E-state index in [-0.39, 0.29) is 0 Å². The maximum atomic E-state index is 10.4. The molecule has 0 spiro atoms. The summed E-state index contributed by atoms with van der Waals surface area (Å²) in [4.78, 5) is 2.34. The van der Waals surface area contributed by atoms with E-state index in [2.05, 4.69) is 40.9 Å². The van der Waals surface area contributed by atoms with Gasteiger partial charge < -0.3 is 5.11 Å². The van der Waals surface area contributed by atoms with Gasteiger partial charge in [-0.3, -0.25) is 4.68 Å². The molecule has 104 valence electrons. The number of aromatic nitrogens is 2. The van der Waals surface area contributed by atoms with Crippen molar-refractivity contribution in [3.63, 3.8) is 0 Å². The van der Waals surface area contributed by atoms with Crippen LogP contribution in [0.5, 0.6) is 0 Å². The monoisotopic (exact) mass is 342 g/mol. The van der Waals surface area contributed by atoms with Crippen molar-refractivity contribution in [2.75, 3.05) is 0 Å². The van der Waals surface area contributed by atoms with Gasteiger partial charge >= 0.3 is 0 Å². The predicted octanol–water partition coefficient (Wildman–Crippen LogP) is 3.65. The van der Waals surface area contributed by atoms with Crippen LogP contribution in [-0.2, 0) is 26.3 Å².